The van der Waals surface area contributed by atoms with Crippen molar-refractivity contribution in [3.05, 3.63) is 60.6 Å². The minimum atomic E-state index is -0.138. The highest BCUT2D eigenvalue weighted by Crippen LogP contribution is 2.21. The first-order valence-corrected chi connectivity index (χ1v) is 7.01. The first-order chi connectivity index (χ1) is 10.7. The zero-order valence-corrected chi connectivity index (χ0v) is 12.0. The molecule has 0 atom stereocenters. The van der Waals surface area contributed by atoms with E-state index in [0.29, 0.717) is 11.3 Å². The topological polar surface area (TPSA) is 62.7 Å². The van der Waals surface area contributed by atoms with Gasteiger partial charge in [0.1, 0.15) is 5.52 Å². The van der Waals surface area contributed by atoms with E-state index >= 15 is 0 Å². The van der Waals surface area contributed by atoms with Gasteiger partial charge >= 0.3 is 0 Å². The number of H-pyrrole nitrogens is 1. The van der Waals surface area contributed by atoms with Crippen molar-refractivity contribution in [1.82, 2.24) is 14.5 Å². The number of anilines is 1. The van der Waals surface area contributed by atoms with Crippen LogP contribution in [0.25, 0.3) is 21.9 Å². The molecule has 0 spiro atoms. The minimum absolute atomic E-state index is 0.138. The van der Waals surface area contributed by atoms with Crippen LogP contribution in [0.15, 0.2) is 55.0 Å². The summed E-state index contributed by atoms with van der Waals surface area (Å²) < 4.78 is 2.03. The molecule has 0 saturated carbocycles. The molecule has 5 nitrogen and oxygen atoms in total. The molecule has 0 fully saturated rings. The Morgan fingerprint density at radius 3 is 3.05 bits per heavy atom. The van der Waals surface area contributed by atoms with Crippen LogP contribution >= 0.6 is 0 Å². The van der Waals surface area contributed by atoms with Crippen LogP contribution in [0.4, 0.5) is 5.69 Å². The van der Waals surface area contributed by atoms with Gasteiger partial charge in [0, 0.05) is 29.7 Å². The number of benzene rings is 2. The maximum absolute atomic E-state index is 12.5. The first-order valence-electron chi connectivity index (χ1n) is 7.01. The summed E-state index contributed by atoms with van der Waals surface area (Å²) in [4.78, 5) is 19.8. The molecule has 2 aromatic carbocycles. The number of hydrogen-bond acceptors (Lipinski definition) is 2. The van der Waals surface area contributed by atoms with E-state index in [2.05, 4.69) is 15.3 Å². The van der Waals surface area contributed by atoms with Gasteiger partial charge < -0.3 is 14.9 Å². The number of imidazole rings is 1. The number of carbonyl (C=O) groups is 1. The van der Waals surface area contributed by atoms with Gasteiger partial charge in [-0.3, -0.25) is 4.79 Å². The number of carbonyl (C=O) groups excluding carboxylic acids is 1. The van der Waals surface area contributed by atoms with E-state index in [1.165, 1.54) is 0 Å². The summed E-state index contributed by atoms with van der Waals surface area (Å²) in [6.45, 7) is 0. The Morgan fingerprint density at radius 2 is 2.14 bits per heavy atom. The number of nitrogens with zero attached hydrogens (tertiary/aromatic N) is 2. The van der Waals surface area contributed by atoms with Crippen LogP contribution in [0.3, 0.4) is 0 Å². The second kappa shape index (κ2) is 4.73. The average molecular weight is 290 g/mol. The van der Waals surface area contributed by atoms with Crippen molar-refractivity contribution >= 4 is 33.5 Å². The molecule has 0 bridgehead atoms. The van der Waals surface area contributed by atoms with Gasteiger partial charge in [-0.1, -0.05) is 6.07 Å². The molecule has 0 radical (unpaired) electrons. The quantitative estimate of drug-likeness (QED) is 0.595. The Balaban J connectivity index is 1.69. The Labute approximate surface area is 126 Å². The summed E-state index contributed by atoms with van der Waals surface area (Å²) in [5.74, 6) is -0.138. The second-order valence-electron chi connectivity index (χ2n) is 5.26. The number of amides is 1. The Hall–Kier alpha value is -3.08. The van der Waals surface area contributed by atoms with E-state index < -0.39 is 0 Å². The van der Waals surface area contributed by atoms with Crippen molar-refractivity contribution in [2.75, 3.05) is 5.32 Å². The third-order valence-electron chi connectivity index (χ3n) is 3.85. The third-order valence-corrected chi connectivity index (χ3v) is 3.85. The van der Waals surface area contributed by atoms with Crippen molar-refractivity contribution in [1.29, 1.82) is 0 Å². The predicted molar refractivity (Wildman–Crippen MR) is 87.0 cm³/mol. The Bertz CT molecular complexity index is 996. The molecule has 4 rings (SSSR count). The summed E-state index contributed by atoms with van der Waals surface area (Å²) >= 11 is 0. The number of fused-ring (bicyclic) bond motifs is 2. The van der Waals surface area contributed by atoms with Crippen LogP contribution in [0.1, 0.15) is 10.4 Å². The van der Waals surface area contributed by atoms with Crippen molar-refractivity contribution in [3.63, 3.8) is 0 Å². The van der Waals surface area contributed by atoms with Crippen molar-refractivity contribution < 1.29 is 4.79 Å². The zero-order valence-electron chi connectivity index (χ0n) is 12.0. The van der Waals surface area contributed by atoms with Gasteiger partial charge in [0.15, 0.2) is 0 Å². The van der Waals surface area contributed by atoms with Gasteiger partial charge in [-0.15, -0.1) is 0 Å². The largest absolute Gasteiger partial charge is 0.351 e. The Morgan fingerprint density at radius 1 is 1.23 bits per heavy atom. The molecule has 0 unspecified atom stereocenters. The maximum atomic E-state index is 12.5. The van der Waals surface area contributed by atoms with Crippen LogP contribution < -0.4 is 5.32 Å². The summed E-state index contributed by atoms with van der Waals surface area (Å²) in [5, 5.41) is 3.98. The highest BCUT2D eigenvalue weighted by Gasteiger charge is 2.10. The smallest absolute Gasteiger partial charge is 0.255 e. The van der Waals surface area contributed by atoms with Crippen LogP contribution in [0.2, 0.25) is 0 Å². The molecule has 22 heavy (non-hydrogen) atoms. The van der Waals surface area contributed by atoms with Crippen LogP contribution in [-0.2, 0) is 7.05 Å². The normalized spacial score (nSPS) is 11.1. The minimum Gasteiger partial charge on any atom is -0.351 e. The van der Waals surface area contributed by atoms with Gasteiger partial charge in [0.25, 0.3) is 5.91 Å². The number of para-hydroxylation sites is 1. The molecule has 0 aliphatic carbocycles. The second-order valence-corrected chi connectivity index (χ2v) is 5.26. The molecule has 5 heteroatoms. The van der Waals surface area contributed by atoms with Crippen molar-refractivity contribution in [2.45, 2.75) is 0 Å². The van der Waals surface area contributed by atoms with Gasteiger partial charge in [-0.05, 0) is 36.4 Å². The monoisotopic (exact) mass is 290 g/mol. The Kier molecular flexibility index (Phi) is 2.72. The van der Waals surface area contributed by atoms with Gasteiger partial charge in [0.2, 0.25) is 0 Å². The lowest BCUT2D eigenvalue weighted by molar-refractivity contribution is 0.102. The number of nitrogens with one attached hydrogen (secondary N) is 2. The van der Waals surface area contributed by atoms with E-state index in [1.807, 2.05) is 60.3 Å². The lowest BCUT2D eigenvalue weighted by atomic mass is 10.1. The zero-order chi connectivity index (χ0) is 15.1. The number of aromatic amines is 1. The van der Waals surface area contributed by atoms with E-state index in [4.69, 9.17) is 0 Å². The fraction of sp³-hybridized carbons (Fsp3) is 0.0588. The SMILES string of the molecule is Cn1ccc2cc(C(=O)Nc3cccc4[nH]cnc34)ccc21. The molecule has 2 heterocycles. The summed E-state index contributed by atoms with van der Waals surface area (Å²) in [6, 6.07) is 13.4. The van der Waals surface area contributed by atoms with Crippen LogP contribution in [0.5, 0.6) is 0 Å². The summed E-state index contributed by atoms with van der Waals surface area (Å²) in [7, 11) is 1.99. The molecule has 0 aliphatic rings. The maximum Gasteiger partial charge on any atom is 0.255 e. The van der Waals surface area contributed by atoms with E-state index in [0.717, 1.165) is 21.9 Å². The summed E-state index contributed by atoms with van der Waals surface area (Å²) in [5.41, 5.74) is 4.10. The number of aromatic nitrogens is 3. The molecule has 1 amide bonds. The molecule has 4 aromatic rings. The highest BCUT2D eigenvalue weighted by atomic mass is 16.1. The molecule has 2 N–H and O–H groups in total. The first kappa shape index (κ1) is 12.6. The fourth-order valence-corrected chi connectivity index (χ4v) is 2.68. The highest BCUT2D eigenvalue weighted by molar-refractivity contribution is 6.09. The van der Waals surface area contributed by atoms with Crippen molar-refractivity contribution in [2.24, 2.45) is 7.05 Å². The molecule has 2 aromatic heterocycles. The lowest BCUT2D eigenvalue weighted by Gasteiger charge is -2.06. The third kappa shape index (κ3) is 1.95. The van der Waals surface area contributed by atoms with Crippen molar-refractivity contribution in [3.8, 4) is 0 Å². The van der Waals surface area contributed by atoms with E-state index in [9.17, 15) is 4.79 Å². The molecule has 0 aliphatic heterocycles. The lowest BCUT2D eigenvalue weighted by Crippen LogP contribution is -2.12. The van der Waals surface area contributed by atoms with E-state index in [1.54, 1.807) is 6.33 Å². The standard InChI is InChI=1S/C17H14N4O/c1-21-8-7-11-9-12(5-6-15(11)21)17(22)20-14-4-2-3-13-16(14)19-10-18-13/h2-10H,1H3,(H,18,19)(H,20,22). The number of hydrogen-bond donors (Lipinski definition) is 2. The van der Waals surface area contributed by atoms with Crippen LogP contribution in [0, 0.1) is 0 Å². The molecule has 0 saturated heterocycles. The fourth-order valence-electron chi connectivity index (χ4n) is 2.68. The van der Waals surface area contributed by atoms with Gasteiger partial charge in [-0.25, -0.2) is 4.98 Å². The van der Waals surface area contributed by atoms with E-state index in [-0.39, 0.29) is 5.91 Å². The number of aryl methyl sites for hydroxylation is 1. The van der Waals surface area contributed by atoms with Gasteiger partial charge in [0.05, 0.1) is 17.5 Å². The number of rotatable bonds is 2. The molecular formula is C17H14N4O. The summed E-state index contributed by atoms with van der Waals surface area (Å²) in [6.07, 6.45) is 3.60. The molecular weight excluding hydrogens is 276 g/mol. The molecule has 108 valence electrons. The predicted octanol–water partition coefficient (Wildman–Crippen LogP) is 3.31. The average Bonchev–Trinajstić information content (AvgIpc) is 3.14. The van der Waals surface area contributed by atoms with Gasteiger partial charge in [-0.2, -0.15) is 0 Å². The van der Waals surface area contributed by atoms with Crippen LogP contribution in [-0.4, -0.2) is 20.4 Å².